The first-order valence-electron chi connectivity index (χ1n) is 6.02. The summed E-state index contributed by atoms with van der Waals surface area (Å²) in [6, 6.07) is 0. The number of nitrogens with one attached hydrogen (secondary N) is 2. The van der Waals surface area contributed by atoms with Gasteiger partial charge in [-0.25, -0.2) is 13.1 Å². The highest BCUT2D eigenvalue weighted by molar-refractivity contribution is 7.88. The fourth-order valence-corrected chi connectivity index (χ4v) is 2.28. The molecule has 19 heavy (non-hydrogen) atoms. The van der Waals surface area contributed by atoms with E-state index in [-0.39, 0.29) is 5.91 Å². The highest BCUT2D eigenvalue weighted by Crippen LogP contribution is 2.20. The van der Waals surface area contributed by atoms with E-state index in [4.69, 9.17) is 4.42 Å². The molecule has 2 N–H and O–H groups in total. The summed E-state index contributed by atoms with van der Waals surface area (Å²) < 4.78 is 29.4. The van der Waals surface area contributed by atoms with E-state index in [9.17, 15) is 13.2 Å². The van der Waals surface area contributed by atoms with Crippen LogP contribution >= 0.6 is 0 Å². The fourth-order valence-electron chi connectivity index (χ4n) is 1.76. The van der Waals surface area contributed by atoms with Gasteiger partial charge in [-0.1, -0.05) is 0 Å². The van der Waals surface area contributed by atoms with Crippen molar-refractivity contribution in [2.45, 2.75) is 27.2 Å². The molecule has 7 heteroatoms. The molecule has 0 atom stereocenters. The summed E-state index contributed by atoms with van der Waals surface area (Å²) in [5.41, 5.74) is 1.40. The van der Waals surface area contributed by atoms with Crippen molar-refractivity contribution in [2.75, 3.05) is 19.3 Å². The van der Waals surface area contributed by atoms with Crippen LogP contribution in [0.25, 0.3) is 0 Å². The van der Waals surface area contributed by atoms with Crippen LogP contribution in [-0.4, -0.2) is 33.7 Å². The zero-order valence-electron chi connectivity index (χ0n) is 11.7. The lowest BCUT2D eigenvalue weighted by atomic mass is 10.1. The Morgan fingerprint density at radius 3 is 2.26 bits per heavy atom. The van der Waals surface area contributed by atoms with Gasteiger partial charge in [0.2, 0.25) is 10.0 Å². The van der Waals surface area contributed by atoms with E-state index in [1.165, 1.54) is 0 Å². The lowest BCUT2D eigenvalue weighted by molar-refractivity contribution is 0.0951. The summed E-state index contributed by atoms with van der Waals surface area (Å²) in [7, 11) is -3.16. The van der Waals surface area contributed by atoms with Crippen LogP contribution < -0.4 is 10.0 Å². The number of carbonyl (C=O) groups is 1. The molecule has 0 aliphatic rings. The summed E-state index contributed by atoms with van der Waals surface area (Å²) in [4.78, 5) is 11.9. The summed E-state index contributed by atoms with van der Waals surface area (Å²) in [6.07, 6.45) is 1.64. The molecule has 1 aromatic rings. The Bertz CT molecular complexity index is 561. The van der Waals surface area contributed by atoms with Crippen LogP contribution in [0.4, 0.5) is 0 Å². The molecule has 1 heterocycles. The first-order valence-corrected chi connectivity index (χ1v) is 7.91. The number of sulfonamides is 1. The Hall–Kier alpha value is -1.34. The van der Waals surface area contributed by atoms with E-state index in [1.54, 1.807) is 6.92 Å². The molecule has 0 aliphatic heterocycles. The van der Waals surface area contributed by atoms with Crippen molar-refractivity contribution in [1.82, 2.24) is 10.0 Å². The second-order valence-electron chi connectivity index (χ2n) is 4.49. The lowest BCUT2D eigenvalue weighted by Gasteiger charge is -2.05. The van der Waals surface area contributed by atoms with Crippen molar-refractivity contribution < 1.29 is 17.6 Å². The van der Waals surface area contributed by atoms with E-state index in [1.807, 2.05) is 13.8 Å². The minimum absolute atomic E-state index is 0.189. The van der Waals surface area contributed by atoms with Crippen molar-refractivity contribution in [2.24, 2.45) is 0 Å². The van der Waals surface area contributed by atoms with Gasteiger partial charge in [0, 0.05) is 18.7 Å². The van der Waals surface area contributed by atoms with Crippen LogP contribution in [0.15, 0.2) is 4.42 Å². The Morgan fingerprint density at radius 1 is 1.16 bits per heavy atom. The topological polar surface area (TPSA) is 88.4 Å². The van der Waals surface area contributed by atoms with Crippen LogP contribution in [0, 0.1) is 20.8 Å². The quantitative estimate of drug-likeness (QED) is 0.760. The largest absolute Gasteiger partial charge is 0.466 e. The Labute approximate surface area is 113 Å². The van der Waals surface area contributed by atoms with Gasteiger partial charge in [0.1, 0.15) is 11.5 Å². The molecule has 0 unspecified atom stereocenters. The van der Waals surface area contributed by atoms with Gasteiger partial charge < -0.3 is 9.73 Å². The van der Waals surface area contributed by atoms with Crippen LogP contribution in [0.3, 0.4) is 0 Å². The number of rotatable bonds is 6. The highest BCUT2D eigenvalue weighted by atomic mass is 32.2. The molecule has 0 saturated carbocycles. The Kier molecular flexibility index (Phi) is 5.13. The molecular weight excluding hydrogens is 268 g/mol. The molecule has 0 spiro atoms. The number of hydrogen-bond acceptors (Lipinski definition) is 4. The standard InChI is InChI=1S/C12H20N2O4S/c1-8-9(2)18-10(3)11(8)12(15)13-6-5-7-14-19(4,16)17/h14H,5-7H2,1-4H3,(H,13,15). The first-order chi connectivity index (χ1) is 8.72. The lowest BCUT2D eigenvalue weighted by Crippen LogP contribution is -2.29. The van der Waals surface area contributed by atoms with Crippen molar-refractivity contribution in [3.8, 4) is 0 Å². The first kappa shape index (κ1) is 15.7. The van der Waals surface area contributed by atoms with E-state index < -0.39 is 10.0 Å². The van der Waals surface area contributed by atoms with E-state index >= 15 is 0 Å². The number of hydrogen-bond donors (Lipinski definition) is 2. The van der Waals surface area contributed by atoms with Crippen molar-refractivity contribution in [3.05, 3.63) is 22.6 Å². The molecule has 0 saturated heterocycles. The molecule has 0 bridgehead atoms. The smallest absolute Gasteiger partial charge is 0.255 e. The zero-order valence-corrected chi connectivity index (χ0v) is 12.5. The van der Waals surface area contributed by atoms with E-state index in [2.05, 4.69) is 10.0 Å². The third kappa shape index (κ3) is 4.68. The molecule has 1 aromatic heterocycles. The second kappa shape index (κ2) is 6.21. The SMILES string of the molecule is Cc1oc(C)c(C(=O)NCCCNS(C)(=O)=O)c1C. The van der Waals surface area contributed by atoms with Gasteiger partial charge in [0.05, 0.1) is 11.8 Å². The average molecular weight is 288 g/mol. The third-order valence-corrected chi connectivity index (χ3v) is 3.52. The maximum Gasteiger partial charge on any atom is 0.255 e. The van der Waals surface area contributed by atoms with Crippen molar-refractivity contribution in [3.63, 3.8) is 0 Å². The molecule has 1 rings (SSSR count). The minimum Gasteiger partial charge on any atom is -0.466 e. The van der Waals surface area contributed by atoms with Crippen LogP contribution in [-0.2, 0) is 10.0 Å². The molecule has 1 amide bonds. The van der Waals surface area contributed by atoms with Gasteiger partial charge >= 0.3 is 0 Å². The molecule has 0 aromatic carbocycles. The minimum atomic E-state index is -3.16. The second-order valence-corrected chi connectivity index (χ2v) is 6.32. The highest BCUT2D eigenvalue weighted by Gasteiger charge is 2.17. The number of amides is 1. The summed E-state index contributed by atoms with van der Waals surface area (Å²) >= 11 is 0. The van der Waals surface area contributed by atoms with Crippen molar-refractivity contribution >= 4 is 15.9 Å². The molecular formula is C12H20N2O4S. The number of carbonyl (C=O) groups excluding carboxylic acids is 1. The van der Waals surface area contributed by atoms with Gasteiger partial charge in [-0.3, -0.25) is 4.79 Å². The monoisotopic (exact) mass is 288 g/mol. The predicted octanol–water partition coefficient (Wildman–Crippen LogP) is 0.874. The van der Waals surface area contributed by atoms with Gasteiger partial charge in [-0.15, -0.1) is 0 Å². The van der Waals surface area contributed by atoms with Crippen LogP contribution in [0.1, 0.15) is 33.9 Å². The maximum atomic E-state index is 11.9. The van der Waals surface area contributed by atoms with Gasteiger partial charge in [0.25, 0.3) is 5.91 Å². The Morgan fingerprint density at radius 2 is 1.79 bits per heavy atom. The fraction of sp³-hybridized carbons (Fsp3) is 0.583. The normalized spacial score (nSPS) is 11.6. The molecule has 6 nitrogen and oxygen atoms in total. The average Bonchev–Trinajstić information content (AvgIpc) is 2.51. The molecule has 0 radical (unpaired) electrons. The predicted molar refractivity (Wildman–Crippen MR) is 72.7 cm³/mol. The van der Waals surface area contributed by atoms with Crippen molar-refractivity contribution in [1.29, 1.82) is 0 Å². The summed E-state index contributed by atoms with van der Waals surface area (Å²) in [5.74, 6) is 1.15. The summed E-state index contributed by atoms with van der Waals surface area (Å²) in [6.45, 7) is 6.12. The molecule has 0 fully saturated rings. The van der Waals surface area contributed by atoms with Gasteiger partial charge in [-0.05, 0) is 27.2 Å². The van der Waals surface area contributed by atoms with Crippen LogP contribution in [0.5, 0.6) is 0 Å². The molecule has 108 valence electrons. The number of aryl methyl sites for hydroxylation is 2. The number of furan rings is 1. The van der Waals surface area contributed by atoms with Crippen LogP contribution in [0.2, 0.25) is 0 Å². The van der Waals surface area contributed by atoms with E-state index in [0.29, 0.717) is 30.8 Å². The van der Waals surface area contributed by atoms with Gasteiger partial charge in [-0.2, -0.15) is 0 Å². The zero-order chi connectivity index (χ0) is 14.6. The third-order valence-electron chi connectivity index (χ3n) is 2.79. The molecule has 0 aliphatic carbocycles. The maximum absolute atomic E-state index is 11.9. The Balaban J connectivity index is 2.44. The van der Waals surface area contributed by atoms with E-state index in [0.717, 1.165) is 17.6 Å². The summed E-state index contributed by atoms with van der Waals surface area (Å²) in [5, 5.41) is 2.75. The van der Waals surface area contributed by atoms with Gasteiger partial charge in [0.15, 0.2) is 0 Å².